The van der Waals surface area contributed by atoms with E-state index < -0.39 is 0 Å². The lowest BCUT2D eigenvalue weighted by atomic mass is 10.0. The van der Waals surface area contributed by atoms with Crippen molar-refractivity contribution in [2.24, 2.45) is 0 Å². The zero-order chi connectivity index (χ0) is 22.5. The zero-order valence-electron chi connectivity index (χ0n) is 19.2. The molecule has 33 heavy (non-hydrogen) atoms. The van der Waals surface area contributed by atoms with Crippen LogP contribution in [0.2, 0.25) is 0 Å². The van der Waals surface area contributed by atoms with Crippen molar-refractivity contribution in [1.29, 1.82) is 0 Å². The van der Waals surface area contributed by atoms with E-state index in [0.29, 0.717) is 5.92 Å². The van der Waals surface area contributed by atoms with Gasteiger partial charge in [-0.3, -0.25) is 4.98 Å². The molecule has 5 rings (SSSR count). The van der Waals surface area contributed by atoms with Crippen LogP contribution in [-0.4, -0.2) is 64.0 Å². The Morgan fingerprint density at radius 3 is 2.48 bits per heavy atom. The smallest absolute Gasteiger partial charge is 0.141 e. The minimum atomic E-state index is 0.465. The Labute approximate surface area is 195 Å². The summed E-state index contributed by atoms with van der Waals surface area (Å²) in [4.78, 5) is 18.1. The zero-order valence-corrected chi connectivity index (χ0v) is 19.2. The second-order valence-corrected chi connectivity index (χ2v) is 8.93. The summed E-state index contributed by atoms with van der Waals surface area (Å²) >= 11 is 0. The molecule has 1 aliphatic heterocycles. The molecule has 1 aliphatic rings. The number of pyridine rings is 1. The Morgan fingerprint density at radius 1 is 0.939 bits per heavy atom. The number of aryl methyl sites for hydroxylation is 1. The molecule has 0 N–H and O–H groups in total. The summed E-state index contributed by atoms with van der Waals surface area (Å²) in [5.74, 6) is 1.37. The van der Waals surface area contributed by atoms with E-state index in [-0.39, 0.29) is 0 Å². The van der Waals surface area contributed by atoms with Crippen LogP contribution >= 0.6 is 0 Å². The molecule has 4 heterocycles. The number of nitrogens with zero attached hydrogens (tertiary/aromatic N) is 5. The molecule has 0 saturated carbocycles. The summed E-state index contributed by atoms with van der Waals surface area (Å²) in [7, 11) is 0. The van der Waals surface area contributed by atoms with Crippen molar-refractivity contribution in [1.82, 2.24) is 24.8 Å². The van der Waals surface area contributed by atoms with Crippen molar-refractivity contribution in [3.63, 3.8) is 0 Å². The third kappa shape index (κ3) is 5.13. The van der Waals surface area contributed by atoms with Crippen LogP contribution in [0.4, 0.5) is 0 Å². The third-order valence-corrected chi connectivity index (χ3v) is 6.61. The lowest BCUT2D eigenvalue weighted by Gasteiger charge is -2.35. The molecule has 0 aliphatic carbocycles. The summed E-state index contributed by atoms with van der Waals surface area (Å²) in [5.41, 5.74) is 4.33. The highest BCUT2D eigenvalue weighted by atomic mass is 16.3. The molecule has 3 aromatic heterocycles. The van der Waals surface area contributed by atoms with Crippen molar-refractivity contribution in [3.8, 4) is 11.3 Å². The van der Waals surface area contributed by atoms with Crippen LogP contribution < -0.4 is 0 Å². The molecule has 0 spiro atoms. The van der Waals surface area contributed by atoms with Gasteiger partial charge in [0.15, 0.2) is 0 Å². The van der Waals surface area contributed by atoms with Crippen molar-refractivity contribution in [2.45, 2.75) is 25.7 Å². The van der Waals surface area contributed by atoms with Gasteiger partial charge in [0, 0.05) is 73.9 Å². The molecule has 0 bridgehead atoms. The van der Waals surface area contributed by atoms with E-state index >= 15 is 0 Å². The van der Waals surface area contributed by atoms with Crippen molar-refractivity contribution < 1.29 is 4.42 Å². The molecule has 4 aromatic rings. The number of furan rings is 1. The molecule has 170 valence electrons. The van der Waals surface area contributed by atoms with Gasteiger partial charge in [0.2, 0.25) is 0 Å². The molecule has 1 aromatic carbocycles. The highest BCUT2D eigenvalue weighted by Gasteiger charge is 2.20. The summed E-state index contributed by atoms with van der Waals surface area (Å²) < 4.78 is 6.21. The van der Waals surface area contributed by atoms with Crippen LogP contribution in [0.25, 0.3) is 22.3 Å². The van der Waals surface area contributed by atoms with E-state index in [1.807, 2.05) is 36.8 Å². The van der Waals surface area contributed by atoms with Crippen molar-refractivity contribution in [2.75, 3.05) is 39.3 Å². The van der Waals surface area contributed by atoms with Gasteiger partial charge in [0.25, 0.3) is 0 Å². The molecule has 1 atom stereocenters. The van der Waals surface area contributed by atoms with Crippen molar-refractivity contribution >= 4 is 11.0 Å². The number of rotatable bonds is 8. The number of para-hydroxylation sites is 1. The predicted octanol–water partition coefficient (Wildman–Crippen LogP) is 4.64. The Bertz CT molecular complexity index is 1150. The monoisotopic (exact) mass is 441 g/mol. The van der Waals surface area contributed by atoms with Crippen molar-refractivity contribution in [3.05, 3.63) is 78.6 Å². The highest BCUT2D eigenvalue weighted by molar-refractivity contribution is 5.87. The Hall–Kier alpha value is -3.09. The first-order chi connectivity index (χ1) is 16.3. The fourth-order valence-corrected chi connectivity index (χ4v) is 4.82. The Morgan fingerprint density at radius 2 is 1.70 bits per heavy atom. The fraction of sp³-hybridized carbons (Fsp3) is 0.370. The van der Waals surface area contributed by atoms with Gasteiger partial charge in [-0.1, -0.05) is 31.2 Å². The topological polar surface area (TPSA) is 58.3 Å². The number of aromatic nitrogens is 3. The number of hydrogen-bond acceptors (Lipinski definition) is 6. The van der Waals surface area contributed by atoms with E-state index in [1.165, 1.54) is 16.6 Å². The van der Waals surface area contributed by atoms with E-state index in [0.717, 1.165) is 69.0 Å². The van der Waals surface area contributed by atoms with Gasteiger partial charge >= 0.3 is 0 Å². The Kier molecular flexibility index (Phi) is 6.74. The highest BCUT2D eigenvalue weighted by Crippen LogP contribution is 2.33. The predicted molar refractivity (Wildman–Crippen MR) is 131 cm³/mol. The van der Waals surface area contributed by atoms with Crippen LogP contribution in [0.1, 0.15) is 30.5 Å². The van der Waals surface area contributed by atoms with Gasteiger partial charge < -0.3 is 14.2 Å². The maximum absolute atomic E-state index is 6.21. The van der Waals surface area contributed by atoms with Gasteiger partial charge in [-0.15, -0.1) is 0 Å². The summed E-state index contributed by atoms with van der Waals surface area (Å²) in [6, 6.07) is 14.5. The molecule has 1 saturated heterocycles. The first-order valence-electron chi connectivity index (χ1n) is 11.9. The molecule has 0 radical (unpaired) electrons. The molecule has 1 fully saturated rings. The molecular weight excluding hydrogens is 410 g/mol. The molecule has 6 nitrogen and oxygen atoms in total. The average Bonchev–Trinajstić information content (AvgIpc) is 3.25. The van der Waals surface area contributed by atoms with Gasteiger partial charge in [-0.2, -0.15) is 0 Å². The van der Waals surface area contributed by atoms with Crippen LogP contribution in [0, 0.1) is 0 Å². The number of hydrogen-bond donors (Lipinski definition) is 0. The first-order valence-corrected chi connectivity index (χ1v) is 11.9. The summed E-state index contributed by atoms with van der Waals surface area (Å²) in [6.45, 7) is 8.96. The minimum Gasteiger partial charge on any atom is -0.456 e. The van der Waals surface area contributed by atoms with E-state index in [9.17, 15) is 0 Å². The van der Waals surface area contributed by atoms with Gasteiger partial charge in [0.05, 0.1) is 5.56 Å². The Balaban J connectivity index is 1.16. The lowest BCUT2D eigenvalue weighted by Crippen LogP contribution is -2.47. The SMILES string of the molecule is C[C@H](CN1CCN(CCCc2c(-c3cncnc3)oc3ccccc23)CC1)c1ccccn1. The van der Waals surface area contributed by atoms with Crippen LogP contribution in [0.3, 0.4) is 0 Å². The van der Waals surface area contributed by atoms with Crippen LogP contribution in [-0.2, 0) is 6.42 Å². The molecule has 0 amide bonds. The van der Waals surface area contributed by atoms with Crippen LogP contribution in [0.5, 0.6) is 0 Å². The first kappa shape index (κ1) is 21.7. The van der Waals surface area contributed by atoms with E-state index in [2.05, 4.69) is 55.9 Å². The van der Waals surface area contributed by atoms with Gasteiger partial charge in [-0.25, -0.2) is 9.97 Å². The molecule has 6 heteroatoms. The fourth-order valence-electron chi connectivity index (χ4n) is 4.82. The molecular formula is C27H31N5O. The standard InChI is InChI=1S/C27H31N5O/c1-21(25-9-4-5-11-30-25)19-32-15-13-31(14-16-32)12-6-8-24-23-7-2-3-10-26(23)33-27(24)22-17-28-20-29-18-22/h2-5,7,9-11,17-18,20-21H,6,8,12-16,19H2,1H3/t21-/m1/s1. The third-order valence-electron chi connectivity index (χ3n) is 6.61. The van der Waals surface area contributed by atoms with Gasteiger partial charge in [0.1, 0.15) is 17.7 Å². The average molecular weight is 442 g/mol. The number of benzene rings is 1. The van der Waals surface area contributed by atoms with E-state index in [1.54, 1.807) is 6.33 Å². The maximum Gasteiger partial charge on any atom is 0.141 e. The second kappa shape index (κ2) is 10.2. The second-order valence-electron chi connectivity index (χ2n) is 8.93. The minimum absolute atomic E-state index is 0.465. The molecule has 0 unspecified atom stereocenters. The van der Waals surface area contributed by atoms with E-state index in [4.69, 9.17) is 4.42 Å². The lowest BCUT2D eigenvalue weighted by molar-refractivity contribution is 0.127. The van der Waals surface area contributed by atoms with Crippen LogP contribution in [0.15, 0.2) is 71.8 Å². The number of fused-ring (bicyclic) bond motifs is 1. The maximum atomic E-state index is 6.21. The largest absolute Gasteiger partial charge is 0.456 e. The number of piperazine rings is 1. The summed E-state index contributed by atoms with van der Waals surface area (Å²) in [6.07, 6.45) is 9.21. The quantitative estimate of drug-likeness (QED) is 0.397. The normalized spacial score (nSPS) is 16.3. The van der Waals surface area contributed by atoms with Gasteiger partial charge in [-0.05, 0) is 37.6 Å². The summed E-state index contributed by atoms with van der Waals surface area (Å²) in [5, 5.41) is 1.20.